The maximum atomic E-state index is 12.0. The molecule has 2 rings (SSSR count). The molecule has 0 saturated carbocycles. The van der Waals surface area contributed by atoms with Gasteiger partial charge in [-0.2, -0.15) is 0 Å². The highest BCUT2D eigenvalue weighted by molar-refractivity contribution is 5.97. The number of rotatable bonds is 3. The maximum absolute atomic E-state index is 12.0. The number of carbonyl (C=O) groups is 1. The van der Waals surface area contributed by atoms with Gasteiger partial charge in [0.05, 0.1) is 6.54 Å². The molecular weight excluding hydrogens is 212 g/mol. The first kappa shape index (κ1) is 12.4. The summed E-state index contributed by atoms with van der Waals surface area (Å²) in [6.45, 7) is 7.28. The van der Waals surface area contributed by atoms with Gasteiger partial charge < -0.3 is 4.57 Å². The zero-order valence-corrected chi connectivity index (χ0v) is 11.1. The van der Waals surface area contributed by atoms with Gasteiger partial charge in [-0.3, -0.25) is 9.69 Å². The van der Waals surface area contributed by atoms with Crippen LogP contribution in [0.4, 0.5) is 0 Å². The van der Waals surface area contributed by atoms with E-state index >= 15 is 0 Å². The van der Waals surface area contributed by atoms with Crippen LogP contribution in [0.15, 0.2) is 18.5 Å². The van der Waals surface area contributed by atoms with Gasteiger partial charge in [0.25, 0.3) is 0 Å². The van der Waals surface area contributed by atoms with Crippen LogP contribution in [0.3, 0.4) is 0 Å². The molecule has 1 aromatic rings. The molecule has 0 aromatic carbocycles. The summed E-state index contributed by atoms with van der Waals surface area (Å²) in [6, 6.07) is 1.90. The molecular formula is C14H22N2O. The van der Waals surface area contributed by atoms with E-state index in [1.807, 2.05) is 30.1 Å². The van der Waals surface area contributed by atoms with E-state index in [0.29, 0.717) is 12.0 Å². The first-order valence-electron chi connectivity index (χ1n) is 6.34. The van der Waals surface area contributed by atoms with Gasteiger partial charge in [-0.05, 0) is 37.4 Å². The van der Waals surface area contributed by atoms with Crippen molar-refractivity contribution in [2.45, 2.75) is 26.7 Å². The highest BCUT2D eigenvalue weighted by atomic mass is 16.1. The van der Waals surface area contributed by atoms with E-state index in [2.05, 4.69) is 18.7 Å². The molecule has 1 fully saturated rings. The molecule has 0 bridgehead atoms. The lowest BCUT2D eigenvalue weighted by molar-refractivity contribution is 0.0845. The number of aromatic nitrogens is 1. The van der Waals surface area contributed by atoms with Crippen LogP contribution < -0.4 is 0 Å². The fraction of sp³-hybridized carbons (Fsp3) is 0.643. The molecule has 17 heavy (non-hydrogen) atoms. The summed E-state index contributed by atoms with van der Waals surface area (Å²) in [6.07, 6.45) is 6.20. The zero-order chi connectivity index (χ0) is 12.5. The van der Waals surface area contributed by atoms with E-state index in [-0.39, 0.29) is 5.78 Å². The minimum absolute atomic E-state index is 0.241. The fourth-order valence-electron chi connectivity index (χ4n) is 2.28. The Morgan fingerprint density at radius 1 is 1.35 bits per heavy atom. The zero-order valence-electron chi connectivity index (χ0n) is 11.1. The number of hydrogen-bond acceptors (Lipinski definition) is 2. The van der Waals surface area contributed by atoms with Crippen molar-refractivity contribution < 1.29 is 4.79 Å². The van der Waals surface area contributed by atoms with Gasteiger partial charge >= 0.3 is 0 Å². The van der Waals surface area contributed by atoms with E-state index < -0.39 is 0 Å². The fourth-order valence-corrected chi connectivity index (χ4v) is 2.28. The number of hydrogen-bond donors (Lipinski definition) is 0. The third kappa shape index (κ3) is 3.19. The molecule has 1 aliphatic heterocycles. The summed E-state index contributed by atoms with van der Waals surface area (Å²) in [5.41, 5.74) is 1.28. The molecule has 0 radical (unpaired) electrons. The molecule has 3 nitrogen and oxygen atoms in total. The van der Waals surface area contributed by atoms with Crippen LogP contribution in [0.1, 0.15) is 37.0 Å². The molecule has 0 amide bonds. The summed E-state index contributed by atoms with van der Waals surface area (Å²) in [4.78, 5) is 14.3. The monoisotopic (exact) mass is 234 g/mol. The Labute approximate surface area is 103 Å². The van der Waals surface area contributed by atoms with Crippen molar-refractivity contribution in [3.63, 3.8) is 0 Å². The Morgan fingerprint density at radius 3 is 2.53 bits per heavy atom. The van der Waals surface area contributed by atoms with Crippen LogP contribution in [0, 0.1) is 5.41 Å². The maximum Gasteiger partial charge on any atom is 0.178 e. The van der Waals surface area contributed by atoms with Gasteiger partial charge in [-0.1, -0.05) is 13.8 Å². The Kier molecular flexibility index (Phi) is 3.38. The average molecular weight is 234 g/mol. The highest BCUT2D eigenvalue weighted by Crippen LogP contribution is 2.29. The number of likely N-dealkylation sites (tertiary alicyclic amines) is 1. The van der Waals surface area contributed by atoms with E-state index in [9.17, 15) is 4.79 Å². The van der Waals surface area contributed by atoms with E-state index in [0.717, 1.165) is 18.7 Å². The van der Waals surface area contributed by atoms with Gasteiger partial charge in [0.2, 0.25) is 0 Å². The molecule has 1 aliphatic rings. The van der Waals surface area contributed by atoms with Crippen molar-refractivity contribution in [3.05, 3.63) is 24.0 Å². The van der Waals surface area contributed by atoms with Crippen molar-refractivity contribution in [2.24, 2.45) is 12.5 Å². The van der Waals surface area contributed by atoms with Crippen LogP contribution in [0.25, 0.3) is 0 Å². The summed E-state index contributed by atoms with van der Waals surface area (Å²) in [5.74, 6) is 0.241. The van der Waals surface area contributed by atoms with Crippen LogP contribution in [-0.2, 0) is 7.05 Å². The Morgan fingerprint density at radius 2 is 2.00 bits per heavy atom. The molecule has 0 atom stereocenters. The Bertz CT molecular complexity index is 396. The van der Waals surface area contributed by atoms with Crippen LogP contribution >= 0.6 is 0 Å². The highest BCUT2D eigenvalue weighted by Gasteiger charge is 2.26. The molecule has 1 saturated heterocycles. The standard InChI is InChI=1S/C14H22N2O/c1-14(2)5-8-16(9-6-14)11-13(17)12-4-7-15(3)10-12/h4,7,10H,5-6,8-9,11H2,1-3H3. The molecule has 0 aliphatic carbocycles. The largest absolute Gasteiger partial charge is 0.357 e. The number of nitrogens with zero attached hydrogens (tertiary/aromatic N) is 2. The normalized spacial score (nSPS) is 20.4. The predicted octanol–water partition coefficient (Wildman–Crippen LogP) is 2.33. The second-order valence-corrected chi connectivity index (χ2v) is 5.93. The summed E-state index contributed by atoms with van der Waals surface area (Å²) < 4.78 is 1.92. The molecule has 94 valence electrons. The Hall–Kier alpha value is -1.09. The third-order valence-corrected chi connectivity index (χ3v) is 3.73. The van der Waals surface area contributed by atoms with Crippen molar-refractivity contribution in [3.8, 4) is 0 Å². The number of piperidine rings is 1. The summed E-state index contributed by atoms with van der Waals surface area (Å²) in [5, 5.41) is 0. The van der Waals surface area contributed by atoms with Crippen molar-refractivity contribution in [1.29, 1.82) is 0 Å². The first-order valence-corrected chi connectivity index (χ1v) is 6.34. The molecule has 0 N–H and O–H groups in total. The minimum atomic E-state index is 0.241. The van der Waals surface area contributed by atoms with Crippen molar-refractivity contribution in [1.82, 2.24) is 9.47 Å². The van der Waals surface area contributed by atoms with Crippen LogP contribution in [-0.4, -0.2) is 34.9 Å². The first-order chi connectivity index (χ1) is 7.96. The summed E-state index contributed by atoms with van der Waals surface area (Å²) >= 11 is 0. The number of ketones is 1. The van der Waals surface area contributed by atoms with Gasteiger partial charge in [0, 0.05) is 25.0 Å². The molecule has 0 spiro atoms. The average Bonchev–Trinajstić information content (AvgIpc) is 2.68. The van der Waals surface area contributed by atoms with E-state index in [1.165, 1.54) is 12.8 Å². The van der Waals surface area contributed by atoms with Gasteiger partial charge in [0.15, 0.2) is 5.78 Å². The predicted molar refractivity (Wildman–Crippen MR) is 69.2 cm³/mol. The SMILES string of the molecule is Cn1ccc(C(=O)CN2CCC(C)(C)CC2)c1. The van der Waals surface area contributed by atoms with Crippen LogP contribution in [0.2, 0.25) is 0 Å². The smallest absolute Gasteiger partial charge is 0.178 e. The number of aryl methyl sites for hydroxylation is 1. The van der Waals surface area contributed by atoms with Gasteiger partial charge in [-0.15, -0.1) is 0 Å². The second kappa shape index (κ2) is 4.65. The lowest BCUT2D eigenvalue weighted by Crippen LogP contribution is -2.40. The molecule has 2 heterocycles. The quantitative estimate of drug-likeness (QED) is 0.750. The van der Waals surface area contributed by atoms with Crippen molar-refractivity contribution in [2.75, 3.05) is 19.6 Å². The Balaban J connectivity index is 1.88. The number of Topliss-reactive ketones (excluding diaryl/α,β-unsaturated/α-hetero) is 1. The summed E-state index contributed by atoms with van der Waals surface area (Å²) in [7, 11) is 1.94. The van der Waals surface area contributed by atoms with Gasteiger partial charge in [0.1, 0.15) is 0 Å². The van der Waals surface area contributed by atoms with Crippen LogP contribution in [0.5, 0.6) is 0 Å². The second-order valence-electron chi connectivity index (χ2n) is 5.93. The lowest BCUT2D eigenvalue weighted by Gasteiger charge is -2.36. The molecule has 0 unspecified atom stereocenters. The van der Waals surface area contributed by atoms with Crippen molar-refractivity contribution >= 4 is 5.78 Å². The van der Waals surface area contributed by atoms with Gasteiger partial charge in [-0.25, -0.2) is 0 Å². The third-order valence-electron chi connectivity index (χ3n) is 3.73. The van der Waals surface area contributed by atoms with E-state index in [4.69, 9.17) is 0 Å². The number of carbonyl (C=O) groups excluding carboxylic acids is 1. The lowest BCUT2D eigenvalue weighted by atomic mass is 9.82. The van der Waals surface area contributed by atoms with E-state index in [1.54, 1.807) is 0 Å². The topological polar surface area (TPSA) is 25.2 Å². The molecule has 3 heteroatoms. The molecule has 1 aromatic heterocycles. The minimum Gasteiger partial charge on any atom is -0.357 e.